The Morgan fingerprint density at radius 1 is 0.906 bits per heavy atom. The number of pyridine rings is 1. The molecule has 0 radical (unpaired) electrons. The summed E-state index contributed by atoms with van der Waals surface area (Å²) in [5, 5.41) is 11.8. The van der Waals surface area contributed by atoms with Gasteiger partial charge >= 0.3 is 0 Å². The van der Waals surface area contributed by atoms with Gasteiger partial charge in [0.05, 0.1) is 29.3 Å². The molecule has 0 bridgehead atoms. The number of imide groups is 1. The van der Waals surface area contributed by atoms with E-state index >= 15 is 0 Å². The Balaban J connectivity index is 1.20. The third kappa shape index (κ3) is 3.74. The molecule has 164 valence electrons. The summed E-state index contributed by atoms with van der Waals surface area (Å²) in [5.74, 6) is -0.649. The molecule has 7 nitrogen and oxygen atoms in total. The fourth-order valence-corrected chi connectivity index (χ4v) is 4.69. The molecule has 1 atom stereocenters. The number of para-hydroxylation sites is 1. The van der Waals surface area contributed by atoms with E-state index in [0.717, 1.165) is 47.7 Å². The highest BCUT2D eigenvalue weighted by molar-refractivity contribution is 6.21. The average Bonchev–Trinajstić information content (AvgIpc) is 3.04. The van der Waals surface area contributed by atoms with Crippen molar-refractivity contribution in [2.24, 2.45) is 0 Å². The van der Waals surface area contributed by atoms with Gasteiger partial charge in [-0.15, -0.1) is 0 Å². The zero-order chi connectivity index (χ0) is 22.2. The third-order valence-electron chi connectivity index (χ3n) is 6.28. The first kappa shape index (κ1) is 20.6. The maximum atomic E-state index is 12.5. The lowest BCUT2D eigenvalue weighted by molar-refractivity contribution is 0.0469. The summed E-state index contributed by atoms with van der Waals surface area (Å²) < 4.78 is 0. The van der Waals surface area contributed by atoms with Crippen LogP contribution >= 0.6 is 0 Å². The number of hydrogen-bond acceptors (Lipinski definition) is 6. The smallest absolute Gasteiger partial charge is 0.261 e. The largest absolute Gasteiger partial charge is 0.390 e. The number of β-amino-alcohol motifs (C(OH)–C–C–N with tert-alkyl or cyclic N) is 1. The summed E-state index contributed by atoms with van der Waals surface area (Å²) in [5.41, 5.74) is 4.02. The van der Waals surface area contributed by atoms with Gasteiger partial charge in [0, 0.05) is 49.5 Å². The van der Waals surface area contributed by atoms with Gasteiger partial charge in [-0.3, -0.25) is 24.4 Å². The lowest BCUT2D eigenvalue weighted by atomic mass is 10.1. The number of benzene rings is 2. The highest BCUT2D eigenvalue weighted by Crippen LogP contribution is 2.28. The lowest BCUT2D eigenvalue weighted by Gasteiger charge is -2.37. The number of piperazine rings is 1. The minimum absolute atomic E-state index is 0.0146. The molecule has 1 fully saturated rings. The van der Waals surface area contributed by atoms with Crippen molar-refractivity contribution >= 4 is 28.4 Å². The molecule has 0 aliphatic carbocycles. The predicted octanol–water partition coefficient (Wildman–Crippen LogP) is 2.32. The third-order valence-corrected chi connectivity index (χ3v) is 6.28. The molecule has 1 aromatic heterocycles. The Morgan fingerprint density at radius 3 is 2.22 bits per heavy atom. The monoisotopic (exact) mass is 430 g/mol. The van der Waals surface area contributed by atoms with E-state index in [1.165, 1.54) is 5.69 Å². The number of fused-ring (bicyclic) bond motifs is 2. The van der Waals surface area contributed by atoms with Gasteiger partial charge in [0.2, 0.25) is 0 Å². The van der Waals surface area contributed by atoms with Gasteiger partial charge in [-0.1, -0.05) is 30.3 Å². The van der Waals surface area contributed by atoms with Crippen molar-refractivity contribution in [3.63, 3.8) is 0 Å². The van der Waals surface area contributed by atoms with E-state index < -0.39 is 6.10 Å². The van der Waals surface area contributed by atoms with Crippen LogP contribution in [-0.2, 0) is 0 Å². The van der Waals surface area contributed by atoms with Crippen LogP contribution in [0.1, 0.15) is 26.4 Å². The van der Waals surface area contributed by atoms with Crippen molar-refractivity contribution in [1.29, 1.82) is 0 Å². The minimum atomic E-state index is -0.784. The van der Waals surface area contributed by atoms with Crippen molar-refractivity contribution in [3.8, 4) is 0 Å². The molecule has 1 N–H and O–H groups in total. The maximum Gasteiger partial charge on any atom is 0.261 e. The molecule has 7 heteroatoms. The molecule has 1 unspecified atom stereocenters. The summed E-state index contributed by atoms with van der Waals surface area (Å²) in [4.78, 5) is 35.4. The van der Waals surface area contributed by atoms with E-state index in [0.29, 0.717) is 17.7 Å². The second-order valence-corrected chi connectivity index (χ2v) is 8.51. The second-order valence-electron chi connectivity index (χ2n) is 8.51. The van der Waals surface area contributed by atoms with Gasteiger partial charge in [0.15, 0.2) is 0 Å². The van der Waals surface area contributed by atoms with Gasteiger partial charge in [-0.2, -0.15) is 0 Å². The lowest BCUT2D eigenvalue weighted by Crippen LogP contribution is -2.50. The molecule has 2 aliphatic heterocycles. The van der Waals surface area contributed by atoms with Gasteiger partial charge in [-0.25, -0.2) is 0 Å². The highest BCUT2D eigenvalue weighted by atomic mass is 16.3. The number of anilines is 1. The molecular weight excluding hydrogens is 404 g/mol. The van der Waals surface area contributed by atoms with E-state index in [-0.39, 0.29) is 18.4 Å². The molecule has 0 saturated carbocycles. The molecular formula is C25H26N4O3. The van der Waals surface area contributed by atoms with Crippen molar-refractivity contribution in [2.75, 3.05) is 44.2 Å². The number of amides is 2. The van der Waals surface area contributed by atoms with Crippen molar-refractivity contribution < 1.29 is 14.7 Å². The number of hydrogen-bond donors (Lipinski definition) is 1. The number of aliphatic hydroxyl groups is 1. The Bertz CT molecular complexity index is 1150. The molecule has 2 aromatic carbocycles. The van der Waals surface area contributed by atoms with Crippen molar-refractivity contribution in [2.45, 2.75) is 13.0 Å². The highest BCUT2D eigenvalue weighted by Gasteiger charge is 2.36. The van der Waals surface area contributed by atoms with Crippen LogP contribution in [0.4, 0.5) is 5.69 Å². The molecule has 5 rings (SSSR count). The normalized spacial score (nSPS) is 17.8. The molecule has 32 heavy (non-hydrogen) atoms. The molecule has 0 spiro atoms. The minimum Gasteiger partial charge on any atom is -0.390 e. The van der Waals surface area contributed by atoms with Crippen LogP contribution in [0, 0.1) is 6.92 Å². The Labute approximate surface area is 186 Å². The standard InChI is InChI=1S/C25H26N4O3/c1-17-14-23(21-8-4-5-9-22(21)26-17)28-12-10-27(11-13-28)15-18(30)16-29-24(31)19-6-2-3-7-20(19)25(29)32/h2-9,14,18,30H,10-13,15-16H2,1H3. The zero-order valence-corrected chi connectivity index (χ0v) is 18.1. The Kier molecular flexibility index (Phi) is 5.36. The first-order valence-corrected chi connectivity index (χ1v) is 11.0. The predicted molar refractivity (Wildman–Crippen MR) is 123 cm³/mol. The van der Waals surface area contributed by atoms with Crippen molar-refractivity contribution in [1.82, 2.24) is 14.8 Å². The van der Waals surface area contributed by atoms with E-state index in [1.807, 2.05) is 25.1 Å². The summed E-state index contributed by atoms with van der Waals surface area (Å²) in [7, 11) is 0. The summed E-state index contributed by atoms with van der Waals surface area (Å²) in [6, 6.07) is 17.1. The SMILES string of the molecule is Cc1cc(N2CCN(CC(O)CN3C(=O)c4ccccc4C3=O)CC2)c2ccccc2n1. The number of rotatable bonds is 5. The fourth-order valence-electron chi connectivity index (χ4n) is 4.69. The first-order chi connectivity index (χ1) is 15.5. The van der Waals surface area contributed by atoms with Crippen LogP contribution in [0.25, 0.3) is 10.9 Å². The number of carbonyl (C=O) groups excluding carboxylic acids is 2. The number of aromatic nitrogens is 1. The number of carbonyl (C=O) groups is 2. The summed E-state index contributed by atoms with van der Waals surface area (Å²) in [6.45, 7) is 5.74. The van der Waals surface area contributed by atoms with Crippen LogP contribution in [0.15, 0.2) is 54.6 Å². The molecule has 1 saturated heterocycles. The topological polar surface area (TPSA) is 77.0 Å². The maximum absolute atomic E-state index is 12.5. The number of nitrogens with zero attached hydrogens (tertiary/aromatic N) is 4. The molecule has 2 amide bonds. The Morgan fingerprint density at radius 2 is 1.53 bits per heavy atom. The first-order valence-electron chi connectivity index (χ1n) is 11.0. The number of aryl methyl sites for hydroxylation is 1. The molecule has 3 aromatic rings. The molecule has 3 heterocycles. The summed E-state index contributed by atoms with van der Waals surface area (Å²) in [6.07, 6.45) is -0.784. The van der Waals surface area contributed by atoms with Gasteiger partial charge in [0.25, 0.3) is 11.8 Å². The van der Waals surface area contributed by atoms with Crippen LogP contribution in [0.2, 0.25) is 0 Å². The van der Waals surface area contributed by atoms with E-state index in [1.54, 1.807) is 24.3 Å². The molecule has 2 aliphatic rings. The van der Waals surface area contributed by atoms with E-state index in [4.69, 9.17) is 0 Å². The zero-order valence-electron chi connectivity index (χ0n) is 18.1. The average molecular weight is 431 g/mol. The van der Waals surface area contributed by atoms with Crippen LogP contribution in [0.3, 0.4) is 0 Å². The fraction of sp³-hybridized carbons (Fsp3) is 0.320. The van der Waals surface area contributed by atoms with Gasteiger partial charge in [-0.05, 0) is 31.2 Å². The number of aliphatic hydroxyl groups excluding tert-OH is 1. The Hall–Kier alpha value is -3.29. The van der Waals surface area contributed by atoms with Crippen molar-refractivity contribution in [3.05, 3.63) is 71.4 Å². The van der Waals surface area contributed by atoms with Gasteiger partial charge in [0.1, 0.15) is 0 Å². The van der Waals surface area contributed by atoms with E-state index in [2.05, 4.69) is 26.9 Å². The van der Waals surface area contributed by atoms with E-state index in [9.17, 15) is 14.7 Å². The van der Waals surface area contributed by atoms with Crippen LogP contribution < -0.4 is 4.90 Å². The quantitative estimate of drug-likeness (QED) is 0.626. The van der Waals surface area contributed by atoms with Crippen LogP contribution in [0.5, 0.6) is 0 Å². The second kappa shape index (κ2) is 8.33. The van der Waals surface area contributed by atoms with Gasteiger partial charge < -0.3 is 10.0 Å². The van der Waals surface area contributed by atoms with Crippen LogP contribution in [-0.4, -0.2) is 77.1 Å². The summed E-state index contributed by atoms with van der Waals surface area (Å²) >= 11 is 0.